The SMILES string of the molecule is COc1ccc(Br)cc1C(=O)NC(=S)N(C)Cc1ccccc1. The van der Waals surface area contributed by atoms with E-state index < -0.39 is 0 Å². The smallest absolute Gasteiger partial charge is 0.261 e. The minimum absolute atomic E-state index is 0.298. The van der Waals surface area contributed by atoms with Gasteiger partial charge < -0.3 is 9.64 Å². The fourth-order valence-corrected chi connectivity index (χ4v) is 2.56. The highest BCUT2D eigenvalue weighted by Crippen LogP contribution is 2.22. The molecule has 0 saturated heterocycles. The molecule has 4 nitrogen and oxygen atoms in total. The summed E-state index contributed by atoms with van der Waals surface area (Å²) in [6, 6.07) is 15.2. The van der Waals surface area contributed by atoms with E-state index in [1.165, 1.54) is 7.11 Å². The molecule has 0 atom stereocenters. The van der Waals surface area contributed by atoms with Crippen LogP contribution in [0.3, 0.4) is 0 Å². The van der Waals surface area contributed by atoms with E-state index in [1.54, 1.807) is 12.1 Å². The largest absolute Gasteiger partial charge is 0.496 e. The Bertz CT molecular complexity index is 707. The topological polar surface area (TPSA) is 41.6 Å². The van der Waals surface area contributed by atoms with Gasteiger partial charge in [-0.3, -0.25) is 10.1 Å². The van der Waals surface area contributed by atoms with Crippen molar-refractivity contribution in [3.05, 3.63) is 64.1 Å². The van der Waals surface area contributed by atoms with Gasteiger partial charge in [-0.25, -0.2) is 0 Å². The van der Waals surface area contributed by atoms with E-state index in [1.807, 2.05) is 48.3 Å². The molecule has 1 amide bonds. The predicted molar refractivity (Wildman–Crippen MR) is 98.7 cm³/mol. The number of carbonyl (C=O) groups is 1. The highest BCUT2D eigenvalue weighted by Gasteiger charge is 2.16. The molecule has 0 fully saturated rings. The van der Waals surface area contributed by atoms with Crippen molar-refractivity contribution in [2.24, 2.45) is 0 Å². The summed E-state index contributed by atoms with van der Waals surface area (Å²) < 4.78 is 6.02. The number of benzene rings is 2. The van der Waals surface area contributed by atoms with Crippen LogP contribution in [0.25, 0.3) is 0 Å². The second-order valence-electron chi connectivity index (χ2n) is 4.95. The Kier molecular flexibility index (Phi) is 6.12. The van der Waals surface area contributed by atoms with Crippen LogP contribution in [-0.2, 0) is 6.54 Å². The molecule has 2 aromatic rings. The van der Waals surface area contributed by atoms with Crippen molar-refractivity contribution >= 4 is 39.2 Å². The molecular formula is C17H17BrN2O2S. The Morgan fingerprint density at radius 1 is 1.26 bits per heavy atom. The Balaban J connectivity index is 2.05. The van der Waals surface area contributed by atoms with E-state index in [0.717, 1.165) is 10.0 Å². The molecule has 0 heterocycles. The fraction of sp³-hybridized carbons (Fsp3) is 0.176. The molecule has 1 N–H and O–H groups in total. The molecule has 0 aliphatic rings. The van der Waals surface area contributed by atoms with E-state index in [4.69, 9.17) is 17.0 Å². The number of nitrogens with zero attached hydrogens (tertiary/aromatic N) is 1. The van der Waals surface area contributed by atoms with E-state index in [9.17, 15) is 4.79 Å². The van der Waals surface area contributed by atoms with Crippen LogP contribution in [0, 0.1) is 0 Å². The average molecular weight is 393 g/mol. The first-order chi connectivity index (χ1) is 11.0. The molecule has 2 rings (SSSR count). The van der Waals surface area contributed by atoms with Crippen LogP contribution in [0.1, 0.15) is 15.9 Å². The Hall–Kier alpha value is -1.92. The number of amides is 1. The molecule has 0 bridgehead atoms. The van der Waals surface area contributed by atoms with Crippen molar-refractivity contribution in [2.75, 3.05) is 14.2 Å². The quantitative estimate of drug-likeness (QED) is 0.806. The molecule has 6 heteroatoms. The van der Waals surface area contributed by atoms with Crippen LogP contribution in [0.15, 0.2) is 53.0 Å². The van der Waals surface area contributed by atoms with Gasteiger partial charge in [0.05, 0.1) is 12.7 Å². The van der Waals surface area contributed by atoms with Crippen molar-refractivity contribution < 1.29 is 9.53 Å². The van der Waals surface area contributed by atoms with Crippen LogP contribution < -0.4 is 10.1 Å². The van der Waals surface area contributed by atoms with E-state index in [0.29, 0.717) is 23.0 Å². The maximum Gasteiger partial charge on any atom is 0.261 e. The van der Waals surface area contributed by atoms with Crippen LogP contribution in [0.5, 0.6) is 5.75 Å². The third-order valence-corrected chi connectivity index (χ3v) is 4.14. The van der Waals surface area contributed by atoms with Crippen molar-refractivity contribution in [3.63, 3.8) is 0 Å². The maximum atomic E-state index is 12.4. The average Bonchev–Trinajstić information content (AvgIpc) is 2.55. The van der Waals surface area contributed by atoms with Crippen molar-refractivity contribution in [1.82, 2.24) is 10.2 Å². The van der Waals surface area contributed by atoms with Crippen LogP contribution >= 0.6 is 28.1 Å². The van der Waals surface area contributed by atoms with Crippen molar-refractivity contribution in [1.29, 1.82) is 0 Å². The van der Waals surface area contributed by atoms with Gasteiger partial charge in [0.1, 0.15) is 5.75 Å². The molecule has 23 heavy (non-hydrogen) atoms. The number of thiocarbonyl (C=S) groups is 1. The molecule has 0 saturated carbocycles. The van der Waals surface area contributed by atoms with Gasteiger partial charge in [0.15, 0.2) is 5.11 Å². The summed E-state index contributed by atoms with van der Waals surface area (Å²) in [6.45, 7) is 0.621. The lowest BCUT2D eigenvalue weighted by molar-refractivity contribution is 0.0970. The standard InChI is InChI=1S/C17H17BrN2O2S/c1-20(11-12-6-4-3-5-7-12)17(23)19-16(21)14-10-13(18)8-9-15(14)22-2/h3-10H,11H2,1-2H3,(H,19,21,23). The van der Waals surface area contributed by atoms with Gasteiger partial charge in [-0.15, -0.1) is 0 Å². The molecule has 2 aromatic carbocycles. The summed E-state index contributed by atoms with van der Waals surface area (Å²) in [4.78, 5) is 14.2. The molecule has 0 aliphatic heterocycles. The van der Waals surface area contributed by atoms with Crippen LogP contribution in [-0.4, -0.2) is 30.1 Å². The third kappa shape index (κ3) is 4.77. The second kappa shape index (κ2) is 8.08. The van der Waals surface area contributed by atoms with Crippen LogP contribution in [0.2, 0.25) is 0 Å². The first-order valence-electron chi connectivity index (χ1n) is 6.95. The fourth-order valence-electron chi connectivity index (χ4n) is 2.05. The summed E-state index contributed by atoms with van der Waals surface area (Å²) in [6.07, 6.45) is 0. The monoisotopic (exact) mass is 392 g/mol. The van der Waals surface area contributed by atoms with Gasteiger partial charge in [-0.2, -0.15) is 0 Å². The summed E-state index contributed by atoms with van der Waals surface area (Å²) in [5, 5.41) is 3.10. The summed E-state index contributed by atoms with van der Waals surface area (Å²) in [7, 11) is 3.37. The molecule has 120 valence electrons. The van der Waals surface area contributed by atoms with Crippen molar-refractivity contribution in [2.45, 2.75) is 6.54 Å². The number of rotatable bonds is 4. The van der Waals surface area contributed by atoms with E-state index >= 15 is 0 Å². The normalized spacial score (nSPS) is 10.0. The lowest BCUT2D eigenvalue weighted by Gasteiger charge is -2.21. The molecule has 0 unspecified atom stereocenters. The molecule has 0 aliphatic carbocycles. The van der Waals surface area contributed by atoms with Gasteiger partial charge in [0.2, 0.25) is 0 Å². The zero-order valence-corrected chi connectivity index (χ0v) is 15.3. The number of halogens is 1. The van der Waals surface area contributed by atoms with Gasteiger partial charge in [-0.05, 0) is 36.0 Å². The summed E-state index contributed by atoms with van der Waals surface area (Å²) in [5.41, 5.74) is 1.55. The number of nitrogens with one attached hydrogen (secondary N) is 1. The van der Waals surface area contributed by atoms with Gasteiger partial charge >= 0.3 is 0 Å². The number of methoxy groups -OCH3 is 1. The first kappa shape index (κ1) is 17.4. The van der Waals surface area contributed by atoms with Crippen LogP contribution in [0.4, 0.5) is 0 Å². The zero-order chi connectivity index (χ0) is 16.8. The molecule has 0 radical (unpaired) electrons. The second-order valence-corrected chi connectivity index (χ2v) is 6.25. The van der Waals surface area contributed by atoms with Gasteiger partial charge in [0, 0.05) is 18.1 Å². The molecule has 0 aromatic heterocycles. The Morgan fingerprint density at radius 2 is 1.96 bits per heavy atom. The zero-order valence-electron chi connectivity index (χ0n) is 12.9. The third-order valence-electron chi connectivity index (χ3n) is 3.24. The number of ether oxygens (including phenoxy) is 1. The molecule has 0 spiro atoms. The minimum atomic E-state index is -0.298. The number of hydrogen-bond acceptors (Lipinski definition) is 3. The predicted octanol–water partition coefficient (Wildman–Crippen LogP) is 3.60. The lowest BCUT2D eigenvalue weighted by Crippen LogP contribution is -2.40. The summed E-state index contributed by atoms with van der Waals surface area (Å²) >= 11 is 8.66. The van der Waals surface area contributed by atoms with E-state index in [-0.39, 0.29) is 5.91 Å². The number of hydrogen-bond donors (Lipinski definition) is 1. The van der Waals surface area contributed by atoms with Crippen molar-refractivity contribution in [3.8, 4) is 5.75 Å². The Morgan fingerprint density at radius 3 is 2.61 bits per heavy atom. The first-order valence-corrected chi connectivity index (χ1v) is 8.15. The number of carbonyl (C=O) groups excluding carboxylic acids is 1. The highest BCUT2D eigenvalue weighted by molar-refractivity contribution is 9.10. The van der Waals surface area contributed by atoms with Gasteiger partial charge in [0.25, 0.3) is 5.91 Å². The summed E-state index contributed by atoms with van der Waals surface area (Å²) in [5.74, 6) is 0.201. The van der Waals surface area contributed by atoms with Gasteiger partial charge in [-0.1, -0.05) is 46.3 Å². The Labute approximate surface area is 149 Å². The highest BCUT2D eigenvalue weighted by atomic mass is 79.9. The minimum Gasteiger partial charge on any atom is -0.496 e. The lowest BCUT2D eigenvalue weighted by atomic mass is 10.2. The maximum absolute atomic E-state index is 12.4. The molecular weight excluding hydrogens is 376 g/mol. The van der Waals surface area contributed by atoms with E-state index in [2.05, 4.69) is 21.2 Å².